The molecule has 9 heteroatoms. The number of aliphatic hydroxyl groups is 1. The summed E-state index contributed by atoms with van der Waals surface area (Å²) in [7, 11) is 0. The van der Waals surface area contributed by atoms with Crippen LogP contribution in [-0.4, -0.2) is 53.9 Å². The Labute approximate surface area is 123 Å². The molecular weight excluding hydrogens is 296 g/mol. The third-order valence-electron chi connectivity index (χ3n) is 2.64. The summed E-state index contributed by atoms with van der Waals surface area (Å²) in [5, 5.41) is 35.0. The second kappa shape index (κ2) is 7.18. The van der Waals surface area contributed by atoms with E-state index in [1.54, 1.807) is 6.20 Å². The highest BCUT2D eigenvalue weighted by atomic mass is 16.4. The van der Waals surface area contributed by atoms with E-state index in [4.69, 9.17) is 20.4 Å². The number of H-pyrrole nitrogens is 1. The Balaban J connectivity index is 0.000000231. The van der Waals surface area contributed by atoms with E-state index in [2.05, 4.69) is 9.97 Å². The van der Waals surface area contributed by atoms with E-state index < -0.39 is 36.4 Å². The quantitative estimate of drug-likeness (QED) is 0.527. The van der Waals surface area contributed by atoms with Crippen molar-refractivity contribution < 1.29 is 34.8 Å². The maximum absolute atomic E-state index is 10.3. The van der Waals surface area contributed by atoms with E-state index in [0.717, 1.165) is 5.52 Å². The SMILES string of the molecule is O=C(O)CC(O)(CC(=O)O)C(=O)O.c1cc2cc[nH]c2cn1. The number of nitrogens with one attached hydrogen (secondary N) is 1. The van der Waals surface area contributed by atoms with Gasteiger partial charge in [-0.1, -0.05) is 0 Å². The van der Waals surface area contributed by atoms with Crippen LogP contribution in [0.15, 0.2) is 30.7 Å². The predicted octanol–water partition coefficient (Wildman–Crippen LogP) is 0.314. The number of fused-ring (bicyclic) bond motifs is 1. The summed E-state index contributed by atoms with van der Waals surface area (Å²) >= 11 is 0. The van der Waals surface area contributed by atoms with Crippen LogP contribution in [0.2, 0.25) is 0 Å². The first kappa shape index (κ1) is 17.1. The fourth-order valence-electron chi connectivity index (χ4n) is 1.61. The molecule has 22 heavy (non-hydrogen) atoms. The molecule has 0 aliphatic heterocycles. The molecule has 0 aliphatic rings. The zero-order valence-electron chi connectivity index (χ0n) is 11.3. The highest BCUT2D eigenvalue weighted by Crippen LogP contribution is 2.15. The monoisotopic (exact) mass is 310 g/mol. The molecule has 5 N–H and O–H groups in total. The molecule has 0 atom stereocenters. The number of carboxylic acid groups (broad SMARTS) is 3. The van der Waals surface area contributed by atoms with Gasteiger partial charge in [-0.15, -0.1) is 0 Å². The molecule has 0 spiro atoms. The van der Waals surface area contributed by atoms with Crippen LogP contribution >= 0.6 is 0 Å². The maximum atomic E-state index is 10.3. The van der Waals surface area contributed by atoms with E-state index in [-0.39, 0.29) is 0 Å². The summed E-state index contributed by atoms with van der Waals surface area (Å²) < 4.78 is 0. The molecular formula is C13H14N2O7. The van der Waals surface area contributed by atoms with Crippen molar-refractivity contribution in [3.8, 4) is 0 Å². The number of rotatable bonds is 5. The van der Waals surface area contributed by atoms with E-state index >= 15 is 0 Å². The Morgan fingerprint density at radius 1 is 1.09 bits per heavy atom. The van der Waals surface area contributed by atoms with E-state index in [1.165, 1.54) is 5.39 Å². The van der Waals surface area contributed by atoms with Gasteiger partial charge in [0.25, 0.3) is 0 Å². The Kier molecular flexibility index (Phi) is 5.58. The summed E-state index contributed by atoms with van der Waals surface area (Å²) in [6.07, 6.45) is 3.22. The van der Waals surface area contributed by atoms with Crippen LogP contribution in [0.1, 0.15) is 12.8 Å². The van der Waals surface area contributed by atoms with Gasteiger partial charge in [-0.25, -0.2) is 4.79 Å². The summed E-state index contributed by atoms with van der Waals surface area (Å²) in [4.78, 5) is 37.5. The lowest BCUT2D eigenvalue weighted by Gasteiger charge is -2.18. The molecule has 2 aromatic heterocycles. The number of aliphatic carboxylic acids is 3. The van der Waals surface area contributed by atoms with Gasteiger partial charge in [-0.05, 0) is 12.1 Å². The highest BCUT2D eigenvalue weighted by molar-refractivity contribution is 5.88. The second-order valence-electron chi connectivity index (χ2n) is 4.42. The van der Waals surface area contributed by atoms with Crippen molar-refractivity contribution in [3.63, 3.8) is 0 Å². The van der Waals surface area contributed by atoms with Crippen LogP contribution in [0.25, 0.3) is 10.9 Å². The molecule has 2 rings (SSSR count). The fourth-order valence-corrected chi connectivity index (χ4v) is 1.61. The number of hydrogen-bond donors (Lipinski definition) is 5. The number of aromatic amines is 1. The second-order valence-corrected chi connectivity index (χ2v) is 4.42. The summed E-state index contributed by atoms with van der Waals surface area (Å²) in [6.45, 7) is 0. The molecule has 2 heterocycles. The lowest BCUT2D eigenvalue weighted by Crippen LogP contribution is -2.42. The lowest BCUT2D eigenvalue weighted by molar-refractivity contribution is -0.170. The number of nitrogens with zero attached hydrogens (tertiary/aromatic N) is 1. The summed E-state index contributed by atoms with van der Waals surface area (Å²) in [5.74, 6) is -5.02. The van der Waals surface area contributed by atoms with Crippen LogP contribution in [0.5, 0.6) is 0 Å². The van der Waals surface area contributed by atoms with Crippen LogP contribution in [-0.2, 0) is 14.4 Å². The van der Waals surface area contributed by atoms with E-state index in [0.29, 0.717) is 0 Å². The molecule has 0 aromatic carbocycles. The van der Waals surface area contributed by atoms with Crippen LogP contribution in [0, 0.1) is 0 Å². The van der Waals surface area contributed by atoms with Gasteiger partial charge in [0.15, 0.2) is 5.60 Å². The summed E-state index contributed by atoms with van der Waals surface area (Å²) in [5.41, 5.74) is -1.64. The minimum absolute atomic E-state index is 1.09. The van der Waals surface area contributed by atoms with Crippen LogP contribution in [0.4, 0.5) is 0 Å². The highest BCUT2D eigenvalue weighted by Gasteiger charge is 2.40. The molecule has 0 aliphatic carbocycles. The Hall–Kier alpha value is -2.94. The molecule has 0 amide bonds. The average Bonchev–Trinajstić information content (AvgIpc) is 2.85. The van der Waals surface area contributed by atoms with Gasteiger partial charge >= 0.3 is 17.9 Å². The summed E-state index contributed by atoms with van der Waals surface area (Å²) in [6, 6.07) is 4.00. The third-order valence-corrected chi connectivity index (χ3v) is 2.64. The minimum Gasteiger partial charge on any atom is -0.481 e. The van der Waals surface area contributed by atoms with Gasteiger partial charge in [0, 0.05) is 17.8 Å². The Morgan fingerprint density at radius 3 is 2.14 bits per heavy atom. The van der Waals surface area contributed by atoms with E-state index in [9.17, 15) is 14.4 Å². The van der Waals surface area contributed by atoms with E-state index in [1.807, 2.05) is 24.5 Å². The molecule has 0 radical (unpaired) electrons. The molecule has 0 saturated carbocycles. The average molecular weight is 310 g/mol. The number of aromatic nitrogens is 2. The zero-order valence-corrected chi connectivity index (χ0v) is 11.3. The maximum Gasteiger partial charge on any atom is 0.336 e. The molecule has 0 bridgehead atoms. The van der Waals surface area contributed by atoms with Crippen molar-refractivity contribution in [1.82, 2.24) is 9.97 Å². The topological polar surface area (TPSA) is 161 Å². The van der Waals surface area contributed by atoms with Crippen molar-refractivity contribution in [1.29, 1.82) is 0 Å². The number of carboxylic acids is 3. The fraction of sp³-hybridized carbons (Fsp3) is 0.231. The first-order chi connectivity index (χ1) is 10.2. The van der Waals surface area contributed by atoms with Gasteiger partial charge in [0.2, 0.25) is 0 Å². The molecule has 0 fully saturated rings. The van der Waals surface area contributed by atoms with Crippen molar-refractivity contribution in [2.75, 3.05) is 0 Å². The van der Waals surface area contributed by atoms with Crippen molar-refractivity contribution in [2.45, 2.75) is 18.4 Å². The normalized spacial score (nSPS) is 10.6. The molecule has 0 saturated heterocycles. The van der Waals surface area contributed by atoms with Crippen LogP contribution < -0.4 is 0 Å². The number of hydrogen-bond acceptors (Lipinski definition) is 5. The number of carbonyl (C=O) groups is 3. The standard InChI is InChI=1S/C7H6N2.C6H8O7/c1-3-8-5-7-6(1)2-4-9-7;7-3(8)1-6(13,5(11)12)2-4(9)10/h1-5,9H;13H,1-2H2,(H,7,8)(H,9,10)(H,11,12). The smallest absolute Gasteiger partial charge is 0.336 e. The first-order valence-electron chi connectivity index (χ1n) is 6.01. The first-order valence-corrected chi connectivity index (χ1v) is 6.01. The minimum atomic E-state index is -2.74. The van der Waals surface area contributed by atoms with Crippen LogP contribution in [0.3, 0.4) is 0 Å². The third kappa shape index (κ3) is 4.87. The number of pyridine rings is 1. The lowest BCUT2D eigenvalue weighted by atomic mass is 9.96. The largest absolute Gasteiger partial charge is 0.481 e. The zero-order chi connectivity index (χ0) is 16.8. The van der Waals surface area contributed by atoms with Gasteiger partial charge in [0.1, 0.15) is 0 Å². The van der Waals surface area contributed by atoms with Gasteiger partial charge in [-0.2, -0.15) is 0 Å². The van der Waals surface area contributed by atoms with Crippen molar-refractivity contribution >= 4 is 28.8 Å². The predicted molar refractivity (Wildman–Crippen MR) is 73.2 cm³/mol. The van der Waals surface area contributed by atoms with Gasteiger partial charge in [-0.3, -0.25) is 14.6 Å². The molecule has 0 unspecified atom stereocenters. The van der Waals surface area contributed by atoms with Gasteiger partial charge < -0.3 is 25.4 Å². The Morgan fingerprint density at radius 2 is 1.68 bits per heavy atom. The molecule has 2 aromatic rings. The van der Waals surface area contributed by atoms with Gasteiger partial charge in [0.05, 0.1) is 24.6 Å². The van der Waals surface area contributed by atoms with Crippen molar-refractivity contribution in [3.05, 3.63) is 30.7 Å². The Bertz CT molecular complexity index is 634. The molecule has 9 nitrogen and oxygen atoms in total. The molecule has 118 valence electrons. The van der Waals surface area contributed by atoms with Crippen molar-refractivity contribution in [2.24, 2.45) is 0 Å².